The van der Waals surface area contributed by atoms with Crippen molar-refractivity contribution in [1.82, 2.24) is 4.98 Å². The van der Waals surface area contributed by atoms with E-state index in [4.69, 9.17) is 27.3 Å². The molecule has 0 bridgehead atoms. The van der Waals surface area contributed by atoms with E-state index in [1.54, 1.807) is 13.2 Å². The summed E-state index contributed by atoms with van der Waals surface area (Å²) in [6.07, 6.45) is 0. The standard InChI is InChI=1S/C20H17ClN4O/c1-12(10-22)11-24-19-15-9-14(17-7-6-16(23)20(21)25-17)4-3-13(15)5-8-18(19)26-2/h3-9,24H,1,11,23H2,2H3. The Balaban J connectivity index is 2.13. The van der Waals surface area contributed by atoms with Crippen molar-refractivity contribution >= 4 is 33.7 Å². The summed E-state index contributed by atoms with van der Waals surface area (Å²) in [6.45, 7) is 4.04. The molecule has 0 amide bonds. The smallest absolute Gasteiger partial charge is 0.152 e. The predicted molar refractivity (Wildman–Crippen MR) is 106 cm³/mol. The third-order valence-electron chi connectivity index (χ3n) is 4.01. The van der Waals surface area contributed by atoms with Crippen LogP contribution in [-0.2, 0) is 0 Å². The number of nitrogen functional groups attached to an aromatic ring is 1. The van der Waals surface area contributed by atoms with Gasteiger partial charge in [-0.1, -0.05) is 36.4 Å². The lowest BCUT2D eigenvalue weighted by atomic mass is 10.0. The number of rotatable bonds is 5. The van der Waals surface area contributed by atoms with Gasteiger partial charge in [-0.3, -0.25) is 0 Å². The monoisotopic (exact) mass is 364 g/mol. The van der Waals surface area contributed by atoms with Crippen LogP contribution in [0.25, 0.3) is 22.0 Å². The lowest BCUT2D eigenvalue weighted by molar-refractivity contribution is 0.417. The molecule has 0 saturated carbocycles. The molecule has 0 aliphatic rings. The normalized spacial score (nSPS) is 10.3. The van der Waals surface area contributed by atoms with Gasteiger partial charge in [0.1, 0.15) is 5.75 Å². The SMILES string of the molecule is C=C(C#N)CNc1c(OC)ccc2ccc(-c3ccc(N)c(Cl)n3)cc12. The first-order chi connectivity index (χ1) is 12.5. The van der Waals surface area contributed by atoms with Crippen LogP contribution in [0.2, 0.25) is 5.15 Å². The number of halogens is 1. The highest BCUT2D eigenvalue weighted by molar-refractivity contribution is 6.31. The van der Waals surface area contributed by atoms with Crippen LogP contribution in [0.5, 0.6) is 5.75 Å². The minimum atomic E-state index is 0.275. The highest BCUT2D eigenvalue weighted by Gasteiger charge is 2.11. The minimum absolute atomic E-state index is 0.275. The summed E-state index contributed by atoms with van der Waals surface area (Å²) in [5, 5.41) is 14.4. The Labute approximate surface area is 156 Å². The van der Waals surface area contributed by atoms with Crippen molar-refractivity contribution < 1.29 is 4.74 Å². The van der Waals surface area contributed by atoms with Crippen LogP contribution >= 0.6 is 11.6 Å². The molecule has 0 radical (unpaired) electrons. The van der Waals surface area contributed by atoms with Crippen molar-refractivity contribution in [2.75, 3.05) is 24.7 Å². The van der Waals surface area contributed by atoms with E-state index in [1.165, 1.54) is 0 Å². The average molecular weight is 365 g/mol. The molecule has 0 atom stereocenters. The van der Waals surface area contributed by atoms with Gasteiger partial charge in [0.25, 0.3) is 0 Å². The highest BCUT2D eigenvalue weighted by atomic mass is 35.5. The Hall–Kier alpha value is -3.23. The third kappa shape index (κ3) is 3.41. The number of benzene rings is 2. The predicted octanol–water partition coefficient (Wildman–Crippen LogP) is 4.64. The zero-order chi connectivity index (χ0) is 18.7. The van der Waals surface area contributed by atoms with E-state index in [0.29, 0.717) is 23.6 Å². The number of ether oxygens (including phenoxy) is 1. The van der Waals surface area contributed by atoms with Gasteiger partial charge in [0.15, 0.2) is 5.15 Å². The molecule has 2 aromatic carbocycles. The number of fused-ring (bicyclic) bond motifs is 1. The number of pyridine rings is 1. The van der Waals surface area contributed by atoms with Crippen molar-refractivity contribution in [3.63, 3.8) is 0 Å². The second-order valence-corrected chi connectivity index (χ2v) is 6.08. The zero-order valence-corrected chi connectivity index (χ0v) is 15.0. The number of aromatic nitrogens is 1. The summed E-state index contributed by atoms with van der Waals surface area (Å²) in [6, 6.07) is 15.4. The molecule has 0 fully saturated rings. The topological polar surface area (TPSA) is 84.0 Å². The summed E-state index contributed by atoms with van der Waals surface area (Å²) in [5.74, 6) is 0.684. The second kappa shape index (κ2) is 7.34. The molecule has 0 spiro atoms. The van der Waals surface area contributed by atoms with Crippen LogP contribution in [0.15, 0.2) is 54.6 Å². The summed E-state index contributed by atoms with van der Waals surface area (Å²) in [5.41, 5.74) is 9.04. The molecule has 0 saturated heterocycles. The molecule has 3 N–H and O–H groups in total. The van der Waals surface area contributed by atoms with E-state index in [9.17, 15) is 0 Å². The Bertz CT molecular complexity index is 1040. The molecule has 6 heteroatoms. The Morgan fingerprint density at radius 1 is 1.31 bits per heavy atom. The molecular formula is C20H17ClN4O. The average Bonchev–Trinajstić information content (AvgIpc) is 2.67. The Morgan fingerprint density at radius 3 is 2.77 bits per heavy atom. The third-order valence-corrected chi connectivity index (χ3v) is 4.32. The summed E-state index contributed by atoms with van der Waals surface area (Å²) in [7, 11) is 1.61. The number of anilines is 2. The minimum Gasteiger partial charge on any atom is -0.495 e. The van der Waals surface area contributed by atoms with Crippen LogP contribution in [0.3, 0.4) is 0 Å². The lowest BCUT2D eigenvalue weighted by Gasteiger charge is -2.15. The van der Waals surface area contributed by atoms with Gasteiger partial charge in [0.05, 0.1) is 30.2 Å². The Kier molecular flexibility index (Phi) is 4.97. The maximum atomic E-state index is 8.94. The number of nitriles is 1. The van der Waals surface area contributed by atoms with Crippen LogP contribution in [0.1, 0.15) is 0 Å². The van der Waals surface area contributed by atoms with Gasteiger partial charge in [-0.15, -0.1) is 0 Å². The summed E-state index contributed by atoms with van der Waals surface area (Å²) in [4.78, 5) is 4.34. The maximum absolute atomic E-state index is 8.94. The first kappa shape index (κ1) is 17.6. The van der Waals surface area contributed by atoms with E-state index in [1.807, 2.05) is 42.5 Å². The van der Waals surface area contributed by atoms with Crippen molar-refractivity contribution in [3.05, 3.63) is 59.8 Å². The van der Waals surface area contributed by atoms with Gasteiger partial charge >= 0.3 is 0 Å². The maximum Gasteiger partial charge on any atom is 0.152 e. The highest BCUT2D eigenvalue weighted by Crippen LogP contribution is 2.36. The molecule has 0 unspecified atom stereocenters. The van der Waals surface area contributed by atoms with Crippen LogP contribution in [0, 0.1) is 11.3 Å². The molecular weight excluding hydrogens is 348 g/mol. The fourth-order valence-electron chi connectivity index (χ4n) is 2.65. The fourth-order valence-corrected chi connectivity index (χ4v) is 2.81. The van der Waals surface area contributed by atoms with Gasteiger partial charge in [-0.25, -0.2) is 4.98 Å². The van der Waals surface area contributed by atoms with Gasteiger partial charge in [0, 0.05) is 23.1 Å². The molecule has 0 aliphatic carbocycles. The molecule has 1 heterocycles. The van der Waals surface area contributed by atoms with Gasteiger partial charge < -0.3 is 15.8 Å². The summed E-state index contributed by atoms with van der Waals surface area (Å²) < 4.78 is 5.47. The zero-order valence-electron chi connectivity index (χ0n) is 14.2. The number of methoxy groups -OCH3 is 1. The first-order valence-corrected chi connectivity index (χ1v) is 8.26. The van der Waals surface area contributed by atoms with Crippen molar-refractivity contribution in [2.45, 2.75) is 0 Å². The van der Waals surface area contributed by atoms with E-state index in [0.717, 1.165) is 27.7 Å². The lowest BCUT2D eigenvalue weighted by Crippen LogP contribution is -2.05. The van der Waals surface area contributed by atoms with Crippen molar-refractivity contribution in [3.8, 4) is 23.1 Å². The molecule has 3 rings (SSSR count). The van der Waals surface area contributed by atoms with E-state index in [-0.39, 0.29) is 5.15 Å². The van der Waals surface area contributed by atoms with Gasteiger partial charge in [0.2, 0.25) is 0 Å². The van der Waals surface area contributed by atoms with Crippen LogP contribution in [-0.4, -0.2) is 18.6 Å². The van der Waals surface area contributed by atoms with E-state index in [2.05, 4.69) is 16.9 Å². The molecule has 0 aliphatic heterocycles. The molecule has 26 heavy (non-hydrogen) atoms. The number of nitrogens with zero attached hydrogens (tertiary/aromatic N) is 2. The molecule has 5 nitrogen and oxygen atoms in total. The fraction of sp³-hybridized carbons (Fsp3) is 0.100. The Morgan fingerprint density at radius 2 is 2.08 bits per heavy atom. The quantitative estimate of drug-likeness (QED) is 0.509. The number of hydrogen-bond acceptors (Lipinski definition) is 5. The largest absolute Gasteiger partial charge is 0.495 e. The number of hydrogen-bond donors (Lipinski definition) is 2. The first-order valence-electron chi connectivity index (χ1n) is 7.88. The van der Waals surface area contributed by atoms with Crippen LogP contribution < -0.4 is 15.8 Å². The van der Waals surface area contributed by atoms with Crippen molar-refractivity contribution in [2.24, 2.45) is 0 Å². The molecule has 3 aromatic rings. The van der Waals surface area contributed by atoms with Gasteiger partial charge in [-0.2, -0.15) is 5.26 Å². The van der Waals surface area contributed by atoms with Gasteiger partial charge in [-0.05, 0) is 29.7 Å². The summed E-state index contributed by atoms with van der Waals surface area (Å²) >= 11 is 6.05. The van der Waals surface area contributed by atoms with Crippen LogP contribution in [0.4, 0.5) is 11.4 Å². The van der Waals surface area contributed by atoms with E-state index >= 15 is 0 Å². The number of nitrogens with one attached hydrogen (secondary N) is 1. The van der Waals surface area contributed by atoms with Crippen molar-refractivity contribution in [1.29, 1.82) is 5.26 Å². The van der Waals surface area contributed by atoms with E-state index < -0.39 is 0 Å². The second-order valence-electron chi connectivity index (χ2n) is 5.72. The number of nitrogens with two attached hydrogens (primary N) is 1. The molecule has 130 valence electrons. The molecule has 1 aromatic heterocycles.